The molecule has 1 unspecified atom stereocenters. The van der Waals surface area contributed by atoms with Crippen molar-refractivity contribution in [2.24, 2.45) is 0 Å². The van der Waals surface area contributed by atoms with Crippen molar-refractivity contribution in [3.05, 3.63) is 65.2 Å². The minimum atomic E-state index is -0.605. The van der Waals surface area contributed by atoms with Crippen LogP contribution in [-0.2, 0) is 20.9 Å². The maximum Gasteiger partial charge on any atom is 0.407 e. The van der Waals surface area contributed by atoms with Crippen molar-refractivity contribution in [1.82, 2.24) is 5.32 Å². The Bertz CT molecular complexity index is 926. The number of hydrogen-bond donors (Lipinski definition) is 1. The van der Waals surface area contributed by atoms with E-state index in [0.29, 0.717) is 12.4 Å². The molecule has 33 heavy (non-hydrogen) atoms. The molecule has 0 spiro atoms. The maximum atomic E-state index is 12.6. The number of carbonyl (C=O) groups is 2. The summed E-state index contributed by atoms with van der Waals surface area (Å²) in [5, 5.41) is 2.80. The molecule has 0 saturated heterocycles. The molecule has 0 saturated carbocycles. The number of ether oxygens (including phenoxy) is 3. The first kappa shape index (κ1) is 26.2. The van der Waals surface area contributed by atoms with E-state index < -0.39 is 17.3 Å². The Morgan fingerprint density at radius 2 is 1.55 bits per heavy atom. The van der Waals surface area contributed by atoms with Crippen LogP contribution in [0, 0.1) is 6.92 Å². The van der Waals surface area contributed by atoms with Gasteiger partial charge < -0.3 is 19.5 Å². The normalized spacial score (nSPS) is 12.6. The lowest BCUT2D eigenvalue weighted by atomic mass is 9.91. The number of hydrogen-bond acceptors (Lipinski definition) is 5. The van der Waals surface area contributed by atoms with Crippen LogP contribution in [0.3, 0.4) is 0 Å². The van der Waals surface area contributed by atoms with E-state index in [0.717, 1.165) is 16.7 Å². The van der Waals surface area contributed by atoms with Gasteiger partial charge in [-0.1, -0.05) is 36.4 Å². The van der Waals surface area contributed by atoms with Crippen LogP contribution < -0.4 is 10.1 Å². The molecule has 180 valence electrons. The highest BCUT2D eigenvalue weighted by molar-refractivity contribution is 5.72. The van der Waals surface area contributed by atoms with Gasteiger partial charge in [-0.25, -0.2) is 4.79 Å². The summed E-state index contributed by atoms with van der Waals surface area (Å²) in [7, 11) is 0. The van der Waals surface area contributed by atoms with Crippen LogP contribution in [0.4, 0.5) is 4.79 Å². The second kappa shape index (κ2) is 11.2. The van der Waals surface area contributed by atoms with Crippen LogP contribution in [0.5, 0.6) is 5.75 Å². The fourth-order valence-corrected chi connectivity index (χ4v) is 3.29. The third kappa shape index (κ3) is 9.98. The van der Waals surface area contributed by atoms with Crippen molar-refractivity contribution in [2.75, 3.05) is 6.54 Å². The smallest absolute Gasteiger partial charge is 0.407 e. The Hall–Kier alpha value is -3.02. The molecule has 0 aliphatic carbocycles. The Labute approximate surface area is 197 Å². The van der Waals surface area contributed by atoms with Crippen LogP contribution in [0.1, 0.15) is 70.6 Å². The topological polar surface area (TPSA) is 73.9 Å². The molecule has 0 aliphatic rings. The fraction of sp³-hybridized carbons (Fsp3) is 0.481. The van der Waals surface area contributed by atoms with Crippen molar-refractivity contribution in [3.8, 4) is 5.75 Å². The quantitative estimate of drug-likeness (QED) is 0.501. The van der Waals surface area contributed by atoms with E-state index in [9.17, 15) is 9.59 Å². The number of nitrogens with one attached hydrogen (secondary N) is 1. The molecule has 6 nitrogen and oxygen atoms in total. The molecule has 2 aromatic carbocycles. The van der Waals surface area contributed by atoms with E-state index >= 15 is 0 Å². The molecular formula is C27H37NO5. The summed E-state index contributed by atoms with van der Waals surface area (Å²) >= 11 is 0. The average Bonchev–Trinajstić information content (AvgIpc) is 2.69. The summed E-state index contributed by atoms with van der Waals surface area (Å²) < 4.78 is 16.9. The molecule has 0 aliphatic heterocycles. The number of aryl methyl sites for hydroxylation is 1. The SMILES string of the molecule is Cc1ccc(OCc2ccccc2)cc1C(CNC(=O)OC(C)(C)C)CC(=O)OC(C)(C)C. The molecule has 6 heteroatoms. The second-order valence-corrected chi connectivity index (χ2v) is 10.2. The van der Waals surface area contributed by atoms with E-state index in [1.54, 1.807) is 0 Å². The van der Waals surface area contributed by atoms with Gasteiger partial charge in [-0.15, -0.1) is 0 Å². The average molecular weight is 456 g/mol. The Morgan fingerprint density at radius 3 is 2.15 bits per heavy atom. The van der Waals surface area contributed by atoms with Crippen LogP contribution >= 0.6 is 0 Å². The third-order valence-corrected chi connectivity index (χ3v) is 4.66. The summed E-state index contributed by atoms with van der Waals surface area (Å²) in [5.41, 5.74) is 1.79. The minimum absolute atomic E-state index is 0.121. The molecule has 1 N–H and O–H groups in total. The van der Waals surface area contributed by atoms with Crippen LogP contribution in [-0.4, -0.2) is 29.8 Å². The minimum Gasteiger partial charge on any atom is -0.489 e. The van der Waals surface area contributed by atoms with Crippen LogP contribution in [0.15, 0.2) is 48.5 Å². The number of rotatable bonds is 8. The van der Waals surface area contributed by atoms with E-state index in [-0.39, 0.29) is 24.9 Å². The summed E-state index contributed by atoms with van der Waals surface area (Å²) in [6, 6.07) is 15.7. The first-order valence-electron chi connectivity index (χ1n) is 11.3. The van der Waals surface area contributed by atoms with Gasteiger partial charge in [0.1, 0.15) is 23.6 Å². The molecular weight excluding hydrogens is 418 g/mol. The lowest BCUT2D eigenvalue weighted by molar-refractivity contribution is -0.155. The predicted octanol–water partition coefficient (Wildman–Crippen LogP) is 5.91. The summed E-state index contributed by atoms with van der Waals surface area (Å²) in [5.74, 6) is 0.0760. The van der Waals surface area contributed by atoms with Crippen LogP contribution in [0.25, 0.3) is 0 Å². The molecule has 0 aromatic heterocycles. The molecule has 0 bridgehead atoms. The first-order valence-corrected chi connectivity index (χ1v) is 11.3. The summed E-state index contributed by atoms with van der Waals surface area (Å²) in [6.07, 6.45) is -0.401. The molecule has 1 atom stereocenters. The third-order valence-electron chi connectivity index (χ3n) is 4.66. The zero-order valence-electron chi connectivity index (χ0n) is 20.9. The largest absolute Gasteiger partial charge is 0.489 e. The molecule has 2 rings (SSSR count). The van der Waals surface area contributed by atoms with Crippen molar-refractivity contribution in [3.63, 3.8) is 0 Å². The van der Waals surface area contributed by atoms with Gasteiger partial charge in [0.05, 0.1) is 6.42 Å². The Morgan fingerprint density at radius 1 is 0.909 bits per heavy atom. The second-order valence-electron chi connectivity index (χ2n) is 10.2. The Kier molecular flexibility index (Phi) is 8.91. The zero-order valence-corrected chi connectivity index (χ0v) is 20.9. The van der Waals surface area contributed by atoms with Gasteiger partial charge in [-0.2, -0.15) is 0 Å². The van der Waals surface area contributed by atoms with Crippen LogP contribution in [0.2, 0.25) is 0 Å². The van der Waals surface area contributed by atoms with Gasteiger partial charge in [-0.3, -0.25) is 4.79 Å². The fourth-order valence-electron chi connectivity index (χ4n) is 3.29. The molecule has 0 heterocycles. The number of alkyl carbamates (subject to hydrolysis) is 1. The number of benzene rings is 2. The lowest BCUT2D eigenvalue weighted by Crippen LogP contribution is -2.36. The van der Waals surface area contributed by atoms with Crippen molar-refractivity contribution in [1.29, 1.82) is 0 Å². The van der Waals surface area contributed by atoms with Gasteiger partial charge in [0, 0.05) is 12.5 Å². The van der Waals surface area contributed by atoms with Gasteiger partial charge in [-0.05, 0) is 77.3 Å². The number of carbonyl (C=O) groups excluding carboxylic acids is 2. The summed E-state index contributed by atoms with van der Waals surface area (Å²) in [6.45, 7) is 13.6. The van der Waals surface area contributed by atoms with Gasteiger partial charge in [0.15, 0.2) is 0 Å². The standard InChI is InChI=1S/C27H37NO5/c1-19-13-14-22(31-18-20-11-9-8-10-12-20)16-23(19)21(15-24(29)32-26(2,3)4)17-28-25(30)33-27(5,6)7/h8-14,16,21H,15,17-18H2,1-7H3,(H,28,30). The highest BCUT2D eigenvalue weighted by Crippen LogP contribution is 2.28. The monoisotopic (exact) mass is 455 g/mol. The van der Waals surface area contributed by atoms with Crippen molar-refractivity contribution < 1.29 is 23.8 Å². The van der Waals surface area contributed by atoms with Gasteiger partial charge in [0.2, 0.25) is 0 Å². The predicted molar refractivity (Wildman–Crippen MR) is 129 cm³/mol. The summed E-state index contributed by atoms with van der Waals surface area (Å²) in [4.78, 5) is 24.9. The zero-order chi connectivity index (χ0) is 24.6. The first-order chi connectivity index (χ1) is 15.3. The van der Waals surface area contributed by atoms with Crippen molar-refractivity contribution >= 4 is 12.1 Å². The van der Waals surface area contributed by atoms with E-state index in [2.05, 4.69) is 5.32 Å². The highest BCUT2D eigenvalue weighted by atomic mass is 16.6. The van der Waals surface area contributed by atoms with E-state index in [1.165, 1.54) is 0 Å². The molecule has 1 amide bonds. The maximum absolute atomic E-state index is 12.6. The van der Waals surface area contributed by atoms with E-state index in [4.69, 9.17) is 14.2 Å². The lowest BCUT2D eigenvalue weighted by Gasteiger charge is -2.25. The van der Waals surface area contributed by atoms with E-state index in [1.807, 2.05) is 97.0 Å². The molecule has 2 aromatic rings. The number of esters is 1. The highest BCUT2D eigenvalue weighted by Gasteiger charge is 2.25. The Balaban J connectivity index is 2.20. The number of amides is 1. The molecule has 0 radical (unpaired) electrons. The van der Waals surface area contributed by atoms with Gasteiger partial charge in [0.25, 0.3) is 0 Å². The molecule has 0 fully saturated rings. The van der Waals surface area contributed by atoms with Gasteiger partial charge >= 0.3 is 12.1 Å². The van der Waals surface area contributed by atoms with Crippen molar-refractivity contribution in [2.45, 2.75) is 78.6 Å².